The number of carbonyl (C=O) groups excluding carboxylic acids is 2. The fourth-order valence-electron chi connectivity index (χ4n) is 1.90. The highest BCUT2D eigenvalue weighted by atomic mass is 19.1. The van der Waals surface area contributed by atoms with E-state index in [1.54, 1.807) is 6.07 Å². The van der Waals surface area contributed by atoms with E-state index < -0.39 is 29.2 Å². The maximum absolute atomic E-state index is 13.0. The van der Waals surface area contributed by atoms with Gasteiger partial charge in [-0.15, -0.1) is 0 Å². The van der Waals surface area contributed by atoms with E-state index >= 15 is 0 Å². The monoisotopic (exact) mass is 332 g/mol. The number of nitro groups is 1. The van der Waals surface area contributed by atoms with Gasteiger partial charge in [0.05, 0.1) is 10.5 Å². The Labute approximate surface area is 136 Å². The summed E-state index contributed by atoms with van der Waals surface area (Å²) in [6.45, 7) is -0.720. The molecule has 2 rings (SSSR count). The van der Waals surface area contributed by atoms with Crippen molar-refractivity contribution >= 4 is 17.6 Å². The number of carbonyl (C=O) groups is 2. The zero-order valence-corrected chi connectivity index (χ0v) is 12.4. The van der Waals surface area contributed by atoms with Gasteiger partial charge in [0.15, 0.2) is 0 Å². The molecule has 7 nitrogen and oxygen atoms in total. The summed E-state index contributed by atoms with van der Waals surface area (Å²) >= 11 is 0. The topological polar surface area (TPSA) is 98.5 Å². The van der Waals surface area contributed by atoms with Gasteiger partial charge in [-0.05, 0) is 24.3 Å². The van der Waals surface area contributed by atoms with Gasteiger partial charge >= 0.3 is 5.97 Å². The lowest BCUT2D eigenvalue weighted by Crippen LogP contribution is -2.30. The predicted molar refractivity (Wildman–Crippen MR) is 81.6 cm³/mol. The van der Waals surface area contributed by atoms with Crippen LogP contribution >= 0.6 is 0 Å². The van der Waals surface area contributed by atoms with Crippen molar-refractivity contribution in [2.45, 2.75) is 6.61 Å². The third-order valence-corrected chi connectivity index (χ3v) is 3.06. The number of halogens is 1. The average molecular weight is 332 g/mol. The predicted octanol–water partition coefficient (Wildman–Crippen LogP) is 2.21. The first-order chi connectivity index (χ1) is 11.5. The number of benzene rings is 2. The summed E-state index contributed by atoms with van der Waals surface area (Å²) in [5, 5.41) is 13.1. The average Bonchev–Trinajstić information content (AvgIpc) is 2.58. The highest BCUT2D eigenvalue weighted by molar-refractivity contribution is 5.95. The fraction of sp³-hybridized carbons (Fsp3) is 0.125. The molecule has 8 heteroatoms. The van der Waals surface area contributed by atoms with Crippen LogP contribution in [0.15, 0.2) is 48.5 Å². The van der Waals surface area contributed by atoms with Crippen molar-refractivity contribution in [3.05, 3.63) is 75.6 Å². The number of hydrogen-bond acceptors (Lipinski definition) is 5. The van der Waals surface area contributed by atoms with Crippen molar-refractivity contribution in [2.24, 2.45) is 0 Å². The Kier molecular flexibility index (Phi) is 5.56. The molecule has 0 radical (unpaired) electrons. The molecule has 0 unspecified atom stereocenters. The summed E-state index contributed by atoms with van der Waals surface area (Å²) in [5.41, 5.74) is 0.155. The number of nitrogens with one attached hydrogen (secondary N) is 1. The maximum Gasteiger partial charge on any atom is 0.325 e. The molecule has 0 bridgehead atoms. The van der Waals surface area contributed by atoms with E-state index in [4.69, 9.17) is 4.74 Å². The third kappa shape index (κ3) is 4.60. The Morgan fingerprint density at radius 2 is 1.92 bits per heavy atom. The summed E-state index contributed by atoms with van der Waals surface area (Å²) in [5.74, 6) is -1.96. The largest absolute Gasteiger partial charge is 0.459 e. The minimum absolute atomic E-state index is 0.0708. The van der Waals surface area contributed by atoms with Gasteiger partial charge < -0.3 is 10.1 Å². The van der Waals surface area contributed by atoms with Crippen LogP contribution in [0.25, 0.3) is 0 Å². The maximum atomic E-state index is 13.0. The molecule has 0 aliphatic rings. The normalized spacial score (nSPS) is 10.0. The lowest BCUT2D eigenvalue weighted by Gasteiger charge is -2.07. The minimum atomic E-state index is -0.766. The van der Waals surface area contributed by atoms with Crippen LogP contribution in [0.5, 0.6) is 0 Å². The molecule has 0 spiro atoms. The first-order valence-corrected chi connectivity index (χ1v) is 6.89. The molecule has 0 aliphatic carbocycles. The van der Waals surface area contributed by atoms with E-state index in [2.05, 4.69) is 5.32 Å². The van der Waals surface area contributed by atoms with Crippen LogP contribution in [0.2, 0.25) is 0 Å². The minimum Gasteiger partial charge on any atom is -0.459 e. The van der Waals surface area contributed by atoms with Gasteiger partial charge in [-0.1, -0.05) is 18.2 Å². The standard InChI is InChI=1S/C16H13FN2O5/c17-13-6-3-5-11(8-13)16(21)18-9-15(20)24-10-12-4-1-2-7-14(12)19(22)23/h1-8H,9-10H2,(H,18,21). The second kappa shape index (κ2) is 7.82. The van der Waals surface area contributed by atoms with E-state index in [1.165, 1.54) is 36.4 Å². The van der Waals surface area contributed by atoms with Gasteiger partial charge in [-0.25, -0.2) is 4.39 Å². The van der Waals surface area contributed by atoms with Crippen LogP contribution in [0.3, 0.4) is 0 Å². The molecule has 2 aromatic carbocycles. The highest BCUT2D eigenvalue weighted by Crippen LogP contribution is 2.18. The lowest BCUT2D eigenvalue weighted by molar-refractivity contribution is -0.385. The van der Waals surface area contributed by atoms with Crippen LogP contribution in [0, 0.1) is 15.9 Å². The summed E-state index contributed by atoms with van der Waals surface area (Å²) in [6, 6.07) is 10.9. The molecular formula is C16H13FN2O5. The fourth-order valence-corrected chi connectivity index (χ4v) is 1.90. The number of hydrogen-bond donors (Lipinski definition) is 1. The van der Waals surface area contributed by atoms with Crippen molar-refractivity contribution in [3.63, 3.8) is 0 Å². The lowest BCUT2D eigenvalue weighted by atomic mass is 10.2. The Morgan fingerprint density at radius 3 is 2.62 bits per heavy atom. The number of amides is 1. The van der Waals surface area contributed by atoms with E-state index in [1.807, 2.05) is 0 Å². The van der Waals surface area contributed by atoms with Gasteiger partial charge in [0.2, 0.25) is 0 Å². The van der Waals surface area contributed by atoms with E-state index in [-0.39, 0.29) is 23.4 Å². The summed E-state index contributed by atoms with van der Waals surface area (Å²) in [6.07, 6.45) is 0. The third-order valence-electron chi connectivity index (χ3n) is 3.06. The molecule has 0 saturated carbocycles. The zero-order chi connectivity index (χ0) is 17.5. The van der Waals surface area contributed by atoms with Crippen molar-refractivity contribution in [1.82, 2.24) is 5.32 Å². The Morgan fingerprint density at radius 1 is 1.17 bits per heavy atom. The molecule has 0 atom stereocenters. The molecule has 124 valence electrons. The Balaban J connectivity index is 1.86. The van der Waals surface area contributed by atoms with E-state index in [0.29, 0.717) is 0 Å². The number of esters is 1. The number of nitro benzene ring substituents is 1. The molecular weight excluding hydrogens is 319 g/mol. The summed E-state index contributed by atoms with van der Waals surface area (Å²) < 4.78 is 17.9. The molecule has 1 amide bonds. The number of para-hydroxylation sites is 1. The summed E-state index contributed by atoms with van der Waals surface area (Å²) in [7, 11) is 0. The van der Waals surface area contributed by atoms with Crippen molar-refractivity contribution in [3.8, 4) is 0 Å². The zero-order valence-electron chi connectivity index (χ0n) is 12.4. The quantitative estimate of drug-likeness (QED) is 0.497. The second-order valence-corrected chi connectivity index (χ2v) is 4.74. The van der Waals surface area contributed by atoms with Crippen LogP contribution < -0.4 is 5.32 Å². The number of rotatable bonds is 6. The molecule has 0 aromatic heterocycles. The number of nitrogens with zero attached hydrogens (tertiary/aromatic N) is 1. The SMILES string of the molecule is O=C(CNC(=O)c1cccc(F)c1)OCc1ccccc1[N+](=O)[O-]. The van der Waals surface area contributed by atoms with Gasteiger partial charge in [-0.3, -0.25) is 19.7 Å². The van der Waals surface area contributed by atoms with Gasteiger partial charge in [-0.2, -0.15) is 0 Å². The molecule has 0 fully saturated rings. The smallest absolute Gasteiger partial charge is 0.325 e. The van der Waals surface area contributed by atoms with E-state index in [9.17, 15) is 24.1 Å². The first-order valence-electron chi connectivity index (χ1n) is 6.89. The first kappa shape index (κ1) is 17.1. The van der Waals surface area contributed by atoms with Crippen LogP contribution in [-0.4, -0.2) is 23.3 Å². The molecule has 0 heterocycles. The van der Waals surface area contributed by atoms with E-state index in [0.717, 1.165) is 6.07 Å². The highest BCUT2D eigenvalue weighted by Gasteiger charge is 2.15. The van der Waals surface area contributed by atoms with Gasteiger partial charge in [0.1, 0.15) is 19.0 Å². The molecule has 0 aliphatic heterocycles. The second-order valence-electron chi connectivity index (χ2n) is 4.74. The molecule has 1 N–H and O–H groups in total. The van der Waals surface area contributed by atoms with Crippen molar-refractivity contribution < 1.29 is 23.6 Å². The van der Waals surface area contributed by atoms with Crippen LogP contribution in [0.1, 0.15) is 15.9 Å². The van der Waals surface area contributed by atoms with Gasteiger partial charge in [0, 0.05) is 11.6 Å². The van der Waals surface area contributed by atoms with Gasteiger partial charge in [0.25, 0.3) is 11.6 Å². The van der Waals surface area contributed by atoms with Crippen LogP contribution in [-0.2, 0) is 16.1 Å². The van der Waals surface area contributed by atoms with Crippen LogP contribution in [0.4, 0.5) is 10.1 Å². The van der Waals surface area contributed by atoms with Crippen molar-refractivity contribution in [2.75, 3.05) is 6.54 Å². The molecule has 24 heavy (non-hydrogen) atoms. The molecule has 0 saturated heterocycles. The summed E-state index contributed by atoms with van der Waals surface area (Å²) in [4.78, 5) is 33.6. The Bertz CT molecular complexity index is 779. The van der Waals surface area contributed by atoms with Crippen molar-refractivity contribution in [1.29, 1.82) is 0 Å². The Hall–Kier alpha value is -3.29. The number of ether oxygens (including phenoxy) is 1. The molecule has 2 aromatic rings.